The van der Waals surface area contributed by atoms with E-state index in [1.165, 1.54) is 40.7 Å². The lowest BCUT2D eigenvalue weighted by atomic mass is 10.2. The molecular weight excluding hydrogens is 509 g/mol. The first-order valence-electron chi connectivity index (χ1n) is 10.2. The van der Waals surface area contributed by atoms with E-state index in [-0.39, 0.29) is 40.9 Å². The molecule has 0 atom stereocenters. The van der Waals surface area contributed by atoms with Crippen LogP contribution in [-0.2, 0) is 24.8 Å². The van der Waals surface area contributed by atoms with Gasteiger partial charge < -0.3 is 5.32 Å². The molecule has 182 valence electrons. The Morgan fingerprint density at radius 3 is 2.12 bits per heavy atom. The average Bonchev–Trinajstić information content (AvgIpc) is 2.73. The van der Waals surface area contributed by atoms with Crippen LogP contribution in [0.5, 0.6) is 0 Å². The van der Waals surface area contributed by atoms with Gasteiger partial charge >= 0.3 is 0 Å². The van der Waals surface area contributed by atoms with E-state index in [4.69, 9.17) is 23.2 Å². The number of hydrogen-bond acceptors (Lipinski definition) is 5. The number of nitrogens with zero attached hydrogens (tertiary/aromatic N) is 2. The van der Waals surface area contributed by atoms with E-state index in [9.17, 15) is 21.6 Å². The highest BCUT2D eigenvalue weighted by Gasteiger charge is 2.22. The maximum Gasteiger partial charge on any atom is 0.243 e. The molecule has 0 aliphatic rings. The second-order valence-electron chi connectivity index (χ2n) is 7.20. The fraction of sp³-hybridized carbons (Fsp3) is 0.381. The summed E-state index contributed by atoms with van der Waals surface area (Å²) in [7, 11) is -7.23. The van der Waals surface area contributed by atoms with E-state index in [1.54, 1.807) is 19.9 Å². The zero-order chi connectivity index (χ0) is 24.8. The number of carbonyl (C=O) groups excluding carboxylic acids is 1. The Balaban J connectivity index is 2.01. The van der Waals surface area contributed by atoms with Crippen LogP contribution in [0, 0.1) is 0 Å². The summed E-state index contributed by atoms with van der Waals surface area (Å²) < 4.78 is 52.0. The van der Waals surface area contributed by atoms with Crippen molar-refractivity contribution in [3.05, 3.63) is 52.5 Å². The molecule has 2 rings (SSSR count). The number of sulfonamides is 2. The molecule has 0 saturated heterocycles. The highest BCUT2D eigenvalue weighted by atomic mass is 35.5. The lowest BCUT2D eigenvalue weighted by Gasteiger charge is -2.23. The van der Waals surface area contributed by atoms with Gasteiger partial charge in [-0.1, -0.05) is 37.0 Å². The number of benzene rings is 2. The third-order valence-electron chi connectivity index (χ3n) is 4.82. The number of carbonyl (C=O) groups is 1. The summed E-state index contributed by atoms with van der Waals surface area (Å²) in [4.78, 5) is 12.5. The van der Waals surface area contributed by atoms with Crippen molar-refractivity contribution in [3.8, 4) is 0 Å². The molecule has 0 bridgehead atoms. The fourth-order valence-corrected chi connectivity index (χ4v) is 6.03. The first kappa shape index (κ1) is 27.4. The Labute approximate surface area is 205 Å². The number of halogens is 2. The normalized spacial score (nSPS) is 12.1. The summed E-state index contributed by atoms with van der Waals surface area (Å²) in [6.07, 6.45) is 1.33. The maximum atomic E-state index is 12.5. The molecular formula is C21H27Cl2N3O5S2. The molecule has 0 saturated carbocycles. The molecule has 0 fully saturated rings. The number of nitrogens with one attached hydrogen (secondary N) is 1. The Hall–Kier alpha value is -1.85. The van der Waals surface area contributed by atoms with Crippen molar-refractivity contribution in [1.82, 2.24) is 4.31 Å². The summed E-state index contributed by atoms with van der Waals surface area (Å²) in [5.74, 6) is -0.333. The topological polar surface area (TPSA) is 104 Å². The number of rotatable bonds is 11. The summed E-state index contributed by atoms with van der Waals surface area (Å²) in [5, 5.41) is 3.26. The summed E-state index contributed by atoms with van der Waals surface area (Å²) in [6.45, 7) is 4.29. The van der Waals surface area contributed by atoms with E-state index in [0.717, 1.165) is 10.6 Å². The molecule has 0 unspecified atom stereocenters. The molecule has 0 aromatic heterocycles. The van der Waals surface area contributed by atoms with Crippen LogP contribution in [0.1, 0.15) is 26.7 Å². The van der Waals surface area contributed by atoms with Crippen molar-refractivity contribution in [2.24, 2.45) is 0 Å². The third kappa shape index (κ3) is 7.31. The quantitative estimate of drug-likeness (QED) is 0.464. The highest BCUT2D eigenvalue weighted by molar-refractivity contribution is 7.92. The largest absolute Gasteiger partial charge is 0.326 e. The standard InChI is InChI=1S/C21H27Cl2N3O5S2/c1-4-25(5-2)33(30,31)18-11-9-17(10-12-18)24-21(27)7-6-14-26(32(3,28)29)20-15-16(22)8-13-19(20)23/h8-13,15H,4-7,14H2,1-3H3,(H,24,27). The van der Waals surface area contributed by atoms with Crippen LogP contribution < -0.4 is 9.62 Å². The van der Waals surface area contributed by atoms with Crippen LogP contribution in [0.2, 0.25) is 10.0 Å². The molecule has 0 aliphatic heterocycles. The Kier molecular flexibility index (Phi) is 9.57. The van der Waals surface area contributed by atoms with Crippen molar-refractivity contribution >= 4 is 60.5 Å². The first-order valence-corrected chi connectivity index (χ1v) is 14.3. The molecule has 2 aromatic carbocycles. The van der Waals surface area contributed by atoms with Crippen LogP contribution in [0.3, 0.4) is 0 Å². The molecule has 0 aliphatic carbocycles. The molecule has 1 N–H and O–H groups in total. The monoisotopic (exact) mass is 535 g/mol. The number of anilines is 2. The van der Waals surface area contributed by atoms with E-state index >= 15 is 0 Å². The Morgan fingerprint density at radius 1 is 0.970 bits per heavy atom. The van der Waals surface area contributed by atoms with Gasteiger partial charge in [-0.05, 0) is 48.9 Å². The van der Waals surface area contributed by atoms with Gasteiger partial charge in [0.1, 0.15) is 0 Å². The van der Waals surface area contributed by atoms with Crippen molar-refractivity contribution in [1.29, 1.82) is 0 Å². The molecule has 2 aromatic rings. The fourth-order valence-electron chi connectivity index (χ4n) is 3.17. The highest BCUT2D eigenvalue weighted by Crippen LogP contribution is 2.31. The predicted octanol–water partition coefficient (Wildman–Crippen LogP) is 4.21. The van der Waals surface area contributed by atoms with Gasteiger partial charge in [0.15, 0.2) is 0 Å². The van der Waals surface area contributed by atoms with Crippen molar-refractivity contribution in [2.75, 3.05) is 35.5 Å². The van der Waals surface area contributed by atoms with Gasteiger partial charge in [0.2, 0.25) is 26.0 Å². The van der Waals surface area contributed by atoms with Crippen LogP contribution in [-0.4, -0.2) is 52.9 Å². The molecule has 1 amide bonds. The lowest BCUT2D eigenvalue weighted by Crippen LogP contribution is -2.31. The van der Waals surface area contributed by atoms with Gasteiger partial charge in [-0.3, -0.25) is 9.10 Å². The molecule has 33 heavy (non-hydrogen) atoms. The SMILES string of the molecule is CCN(CC)S(=O)(=O)c1ccc(NC(=O)CCCN(c2cc(Cl)ccc2Cl)S(C)(=O)=O)cc1. The van der Waals surface area contributed by atoms with Gasteiger partial charge in [0.25, 0.3) is 0 Å². The zero-order valence-electron chi connectivity index (χ0n) is 18.6. The third-order valence-corrected chi connectivity index (χ3v) is 8.62. The first-order chi connectivity index (χ1) is 15.4. The Bertz CT molecular complexity index is 1180. The van der Waals surface area contributed by atoms with E-state index in [0.29, 0.717) is 23.8 Å². The molecule has 0 radical (unpaired) electrons. The molecule has 12 heteroatoms. The Morgan fingerprint density at radius 2 is 1.58 bits per heavy atom. The second kappa shape index (κ2) is 11.5. The maximum absolute atomic E-state index is 12.5. The number of hydrogen-bond donors (Lipinski definition) is 1. The second-order valence-corrected chi connectivity index (χ2v) is 11.9. The van der Waals surface area contributed by atoms with E-state index in [2.05, 4.69) is 5.32 Å². The molecule has 0 spiro atoms. The van der Waals surface area contributed by atoms with E-state index < -0.39 is 20.0 Å². The van der Waals surface area contributed by atoms with Gasteiger partial charge in [-0.2, -0.15) is 4.31 Å². The molecule has 8 nitrogen and oxygen atoms in total. The van der Waals surface area contributed by atoms with Gasteiger partial charge in [-0.25, -0.2) is 16.8 Å². The predicted molar refractivity (Wildman–Crippen MR) is 133 cm³/mol. The van der Waals surface area contributed by atoms with Crippen molar-refractivity contribution in [2.45, 2.75) is 31.6 Å². The summed E-state index contributed by atoms with van der Waals surface area (Å²) >= 11 is 12.1. The zero-order valence-corrected chi connectivity index (χ0v) is 21.7. The minimum absolute atomic E-state index is 0.0351. The minimum atomic E-state index is -3.65. The van der Waals surface area contributed by atoms with Crippen LogP contribution >= 0.6 is 23.2 Å². The van der Waals surface area contributed by atoms with Gasteiger partial charge in [0.05, 0.1) is 21.9 Å². The van der Waals surface area contributed by atoms with Gasteiger partial charge in [0, 0.05) is 36.8 Å². The lowest BCUT2D eigenvalue weighted by molar-refractivity contribution is -0.116. The van der Waals surface area contributed by atoms with Crippen LogP contribution in [0.15, 0.2) is 47.4 Å². The van der Waals surface area contributed by atoms with Crippen LogP contribution in [0.4, 0.5) is 11.4 Å². The van der Waals surface area contributed by atoms with Crippen LogP contribution in [0.25, 0.3) is 0 Å². The van der Waals surface area contributed by atoms with E-state index in [1.807, 2.05) is 0 Å². The smallest absolute Gasteiger partial charge is 0.243 e. The minimum Gasteiger partial charge on any atom is -0.326 e. The molecule has 0 heterocycles. The number of amides is 1. The average molecular weight is 537 g/mol. The van der Waals surface area contributed by atoms with Gasteiger partial charge in [-0.15, -0.1) is 0 Å². The van der Waals surface area contributed by atoms with Crippen molar-refractivity contribution < 1.29 is 21.6 Å². The summed E-state index contributed by atoms with van der Waals surface area (Å²) in [6, 6.07) is 10.4. The summed E-state index contributed by atoms with van der Waals surface area (Å²) in [5.41, 5.74) is 0.688. The van der Waals surface area contributed by atoms with Crippen molar-refractivity contribution in [3.63, 3.8) is 0 Å².